The van der Waals surface area contributed by atoms with E-state index in [4.69, 9.17) is 9.84 Å². The fourth-order valence-electron chi connectivity index (χ4n) is 2.92. The van der Waals surface area contributed by atoms with Crippen molar-refractivity contribution in [2.45, 2.75) is 110 Å². The van der Waals surface area contributed by atoms with E-state index in [0.29, 0.717) is 6.61 Å². The van der Waals surface area contributed by atoms with Crippen molar-refractivity contribution in [2.75, 3.05) is 19.8 Å². The summed E-state index contributed by atoms with van der Waals surface area (Å²) < 4.78 is 5.25. The van der Waals surface area contributed by atoms with Crippen LogP contribution < -0.4 is 0 Å². The van der Waals surface area contributed by atoms with Gasteiger partial charge in [0.25, 0.3) is 0 Å². The van der Waals surface area contributed by atoms with E-state index in [0.717, 1.165) is 13.0 Å². The molecule has 3 heteroatoms. The second-order valence-corrected chi connectivity index (χ2v) is 6.64. The molecule has 0 aliphatic heterocycles. The highest BCUT2D eigenvalue weighted by Crippen LogP contribution is 2.13. The van der Waals surface area contributed by atoms with Gasteiger partial charge in [-0.05, 0) is 6.42 Å². The Bertz CT molecular complexity index is 168. The highest BCUT2D eigenvalue weighted by Gasteiger charge is 1.94. The number of hydrogen-bond acceptors (Lipinski definition) is 2. The number of aliphatic hydroxyl groups is 1. The molecule has 0 atom stereocenters. The number of aliphatic hydroxyl groups excluding tert-OH is 1. The van der Waals surface area contributed by atoms with Gasteiger partial charge in [-0.3, -0.25) is 0 Å². The number of hydrogen-bond donors (Lipinski definition) is 1. The molecular formula is C20H43ClO2. The van der Waals surface area contributed by atoms with E-state index in [2.05, 4.69) is 6.92 Å². The maximum absolute atomic E-state index is 8.58. The molecule has 0 saturated carbocycles. The summed E-state index contributed by atoms with van der Waals surface area (Å²) in [5, 5.41) is 8.58. The lowest BCUT2D eigenvalue weighted by atomic mass is 10.0. The van der Waals surface area contributed by atoms with E-state index in [1.807, 2.05) is 0 Å². The summed E-state index contributed by atoms with van der Waals surface area (Å²) >= 11 is 0. The molecule has 0 unspecified atom stereocenters. The summed E-state index contributed by atoms with van der Waals surface area (Å²) in [6.07, 6.45) is 22.4. The van der Waals surface area contributed by atoms with Gasteiger partial charge in [0.2, 0.25) is 0 Å². The summed E-state index contributed by atoms with van der Waals surface area (Å²) in [5.41, 5.74) is 0. The molecule has 0 radical (unpaired) electrons. The fourth-order valence-corrected chi connectivity index (χ4v) is 2.92. The van der Waals surface area contributed by atoms with Gasteiger partial charge in [0.05, 0.1) is 13.2 Å². The van der Waals surface area contributed by atoms with Crippen molar-refractivity contribution >= 4 is 12.4 Å². The molecule has 0 aromatic heterocycles. The van der Waals surface area contributed by atoms with Crippen LogP contribution in [0.4, 0.5) is 0 Å². The molecule has 0 fully saturated rings. The Hall–Kier alpha value is 0.210. The van der Waals surface area contributed by atoms with E-state index in [-0.39, 0.29) is 19.0 Å². The molecule has 0 spiro atoms. The van der Waals surface area contributed by atoms with Gasteiger partial charge in [0, 0.05) is 6.61 Å². The molecule has 0 rings (SSSR count). The molecule has 2 nitrogen and oxygen atoms in total. The quantitative estimate of drug-likeness (QED) is 0.263. The first kappa shape index (κ1) is 25.5. The predicted octanol–water partition coefficient (Wildman–Crippen LogP) is 6.68. The lowest BCUT2D eigenvalue weighted by Crippen LogP contribution is -2.00. The first-order chi connectivity index (χ1) is 10.9. The first-order valence-corrected chi connectivity index (χ1v) is 10.1. The van der Waals surface area contributed by atoms with Crippen LogP contribution in [-0.4, -0.2) is 24.9 Å². The summed E-state index contributed by atoms with van der Waals surface area (Å²) in [4.78, 5) is 0. The minimum Gasteiger partial charge on any atom is -0.394 e. The molecule has 0 aliphatic carbocycles. The predicted molar refractivity (Wildman–Crippen MR) is 105 cm³/mol. The zero-order valence-electron chi connectivity index (χ0n) is 15.7. The van der Waals surface area contributed by atoms with Gasteiger partial charge >= 0.3 is 0 Å². The Kier molecular flexibility index (Phi) is 27.1. The number of unbranched alkanes of at least 4 members (excludes halogenated alkanes) is 15. The fraction of sp³-hybridized carbons (Fsp3) is 1.00. The second kappa shape index (κ2) is 24.5. The van der Waals surface area contributed by atoms with Crippen LogP contribution in [0.1, 0.15) is 110 Å². The lowest BCUT2D eigenvalue weighted by Gasteiger charge is -2.04. The van der Waals surface area contributed by atoms with Crippen molar-refractivity contribution in [1.82, 2.24) is 0 Å². The molecule has 142 valence electrons. The van der Waals surface area contributed by atoms with E-state index < -0.39 is 0 Å². The third-order valence-corrected chi connectivity index (χ3v) is 4.38. The Labute approximate surface area is 152 Å². The zero-order valence-corrected chi connectivity index (χ0v) is 16.5. The van der Waals surface area contributed by atoms with E-state index in [9.17, 15) is 0 Å². The smallest absolute Gasteiger partial charge is 0.0697 e. The molecule has 0 saturated heterocycles. The molecule has 23 heavy (non-hydrogen) atoms. The molecule has 0 bridgehead atoms. The molecule has 0 aromatic carbocycles. The summed E-state index contributed by atoms with van der Waals surface area (Å²) in [6, 6.07) is 0. The van der Waals surface area contributed by atoms with Crippen LogP contribution in [0.3, 0.4) is 0 Å². The maximum atomic E-state index is 8.58. The first-order valence-electron chi connectivity index (χ1n) is 10.1. The summed E-state index contributed by atoms with van der Waals surface area (Å²) in [5.74, 6) is 0. The standard InChI is InChI=1S/C20H42O2.ClH/c1-2-3-4-5-6-7-8-9-10-11-12-13-14-15-16-17-19-22-20-18-21;/h21H,2-20H2,1H3;1H. The van der Waals surface area contributed by atoms with Gasteiger partial charge in [-0.25, -0.2) is 0 Å². The van der Waals surface area contributed by atoms with Crippen LogP contribution in [-0.2, 0) is 4.74 Å². The van der Waals surface area contributed by atoms with Crippen molar-refractivity contribution in [2.24, 2.45) is 0 Å². The maximum Gasteiger partial charge on any atom is 0.0697 e. The Morgan fingerprint density at radius 1 is 0.522 bits per heavy atom. The lowest BCUT2D eigenvalue weighted by molar-refractivity contribution is 0.0895. The van der Waals surface area contributed by atoms with Gasteiger partial charge in [-0.1, -0.05) is 103 Å². The van der Waals surface area contributed by atoms with Crippen LogP contribution in [0.15, 0.2) is 0 Å². The number of ether oxygens (including phenoxy) is 1. The SMILES string of the molecule is CCCCCCCCCCCCCCCCCCOCCO.Cl. The Morgan fingerprint density at radius 2 is 0.870 bits per heavy atom. The highest BCUT2D eigenvalue weighted by molar-refractivity contribution is 5.85. The summed E-state index contributed by atoms with van der Waals surface area (Å²) in [7, 11) is 0. The van der Waals surface area contributed by atoms with Crippen molar-refractivity contribution < 1.29 is 9.84 Å². The Morgan fingerprint density at radius 3 is 1.22 bits per heavy atom. The van der Waals surface area contributed by atoms with Crippen molar-refractivity contribution in [3.05, 3.63) is 0 Å². The van der Waals surface area contributed by atoms with Crippen molar-refractivity contribution in [3.63, 3.8) is 0 Å². The van der Waals surface area contributed by atoms with Crippen LogP contribution in [0.25, 0.3) is 0 Å². The third kappa shape index (κ3) is 24.6. The number of halogens is 1. The van der Waals surface area contributed by atoms with Crippen LogP contribution in [0, 0.1) is 0 Å². The molecule has 1 N–H and O–H groups in total. The van der Waals surface area contributed by atoms with Gasteiger partial charge < -0.3 is 9.84 Å². The van der Waals surface area contributed by atoms with Gasteiger partial charge in [0.1, 0.15) is 0 Å². The normalized spacial score (nSPS) is 10.7. The third-order valence-electron chi connectivity index (χ3n) is 4.38. The average Bonchev–Trinajstić information content (AvgIpc) is 2.54. The minimum absolute atomic E-state index is 0. The minimum atomic E-state index is 0. The molecule has 0 aromatic rings. The largest absolute Gasteiger partial charge is 0.394 e. The van der Waals surface area contributed by atoms with E-state index in [1.54, 1.807) is 0 Å². The van der Waals surface area contributed by atoms with Gasteiger partial charge in [0.15, 0.2) is 0 Å². The molecule has 0 aliphatic rings. The van der Waals surface area contributed by atoms with Crippen LogP contribution >= 0.6 is 12.4 Å². The van der Waals surface area contributed by atoms with E-state index >= 15 is 0 Å². The zero-order chi connectivity index (χ0) is 16.1. The topological polar surface area (TPSA) is 29.5 Å². The number of rotatable bonds is 19. The van der Waals surface area contributed by atoms with Crippen LogP contribution in [0.2, 0.25) is 0 Å². The van der Waals surface area contributed by atoms with Gasteiger partial charge in [-0.2, -0.15) is 0 Å². The highest BCUT2D eigenvalue weighted by atomic mass is 35.5. The van der Waals surface area contributed by atoms with Gasteiger partial charge in [-0.15, -0.1) is 12.4 Å². The van der Waals surface area contributed by atoms with E-state index in [1.165, 1.54) is 96.3 Å². The second-order valence-electron chi connectivity index (χ2n) is 6.64. The van der Waals surface area contributed by atoms with Crippen molar-refractivity contribution in [3.8, 4) is 0 Å². The Balaban J connectivity index is 0. The van der Waals surface area contributed by atoms with Crippen LogP contribution in [0.5, 0.6) is 0 Å². The molecule has 0 heterocycles. The molecular weight excluding hydrogens is 308 g/mol. The monoisotopic (exact) mass is 350 g/mol. The summed E-state index contributed by atoms with van der Waals surface area (Å²) in [6.45, 7) is 3.75. The molecule has 0 amide bonds. The average molecular weight is 351 g/mol. The van der Waals surface area contributed by atoms with Crippen molar-refractivity contribution in [1.29, 1.82) is 0 Å².